The van der Waals surface area contributed by atoms with E-state index in [0.29, 0.717) is 0 Å². The lowest BCUT2D eigenvalue weighted by atomic mass is 10.1. The number of benzene rings is 4. The molecule has 192 valence electrons. The van der Waals surface area contributed by atoms with Crippen molar-refractivity contribution in [1.82, 2.24) is 0 Å². The quantitative estimate of drug-likeness (QED) is 0.194. The summed E-state index contributed by atoms with van der Waals surface area (Å²) in [5, 5.41) is 47.7. The predicted octanol–water partition coefficient (Wildman–Crippen LogP) is 5.25. The Morgan fingerprint density at radius 3 is 0.730 bits per heavy atom. The Hall–Kier alpha value is -2.85. The third kappa shape index (κ3) is 6.73. The van der Waals surface area contributed by atoms with Crippen molar-refractivity contribution in [3.05, 3.63) is 144 Å². The highest BCUT2D eigenvalue weighted by Gasteiger charge is 2.62. The Morgan fingerprint density at radius 1 is 0.351 bits per heavy atom. The maximum atomic E-state index is 11.9. The Balaban J connectivity index is 1.78. The zero-order valence-electron chi connectivity index (χ0n) is 20.9. The summed E-state index contributed by atoms with van der Waals surface area (Å²) in [4.78, 5) is 0. The van der Waals surface area contributed by atoms with E-state index >= 15 is 0 Å². The van der Waals surface area contributed by atoms with Crippen LogP contribution < -0.4 is 0 Å². The minimum absolute atomic E-state index is 0.234. The van der Waals surface area contributed by atoms with Gasteiger partial charge in [0.05, 0.1) is 0 Å². The first-order valence-electron chi connectivity index (χ1n) is 12.8. The predicted molar refractivity (Wildman–Crippen MR) is 152 cm³/mol. The molecular weight excluding hydrogens is 479 g/mol. The van der Waals surface area contributed by atoms with Crippen LogP contribution in [0.1, 0.15) is 22.3 Å². The molecule has 0 saturated carbocycles. The first kappa shape index (κ1) is 27.2. The van der Waals surface area contributed by atoms with Gasteiger partial charge >= 0.3 is 0 Å². The molecular formula is C32H36O4P+. The molecule has 0 bridgehead atoms. The highest BCUT2D eigenvalue weighted by molar-refractivity contribution is 7.77. The zero-order chi connectivity index (χ0) is 26.1. The van der Waals surface area contributed by atoms with E-state index in [9.17, 15) is 20.4 Å². The molecule has 0 aliphatic heterocycles. The van der Waals surface area contributed by atoms with Crippen molar-refractivity contribution in [2.24, 2.45) is 0 Å². The molecule has 37 heavy (non-hydrogen) atoms. The van der Waals surface area contributed by atoms with Crippen molar-refractivity contribution in [3.8, 4) is 0 Å². The normalized spacial score (nSPS) is 16.3. The molecule has 4 rings (SSSR count). The standard InChI is InChI=1S/C32H36O4P/c33-29(21-25-13-5-1-6-14-25)37(30(34)22-26-15-7-2-8-16-26,31(35)23-27-17-9-3-10-18-27)32(36)24-28-19-11-4-12-20-28/h1-20,29-36H,21-24H2/q+1. The van der Waals surface area contributed by atoms with Gasteiger partial charge in [-0.05, 0) is 22.3 Å². The van der Waals surface area contributed by atoms with Crippen LogP contribution in [0.5, 0.6) is 0 Å². The second-order valence-corrected chi connectivity index (χ2v) is 13.7. The van der Waals surface area contributed by atoms with Gasteiger partial charge in [-0.1, -0.05) is 121 Å². The molecule has 0 spiro atoms. The van der Waals surface area contributed by atoms with Gasteiger partial charge in [0.15, 0.2) is 23.4 Å². The molecule has 0 amide bonds. The van der Waals surface area contributed by atoms with E-state index in [1.807, 2.05) is 121 Å². The summed E-state index contributed by atoms with van der Waals surface area (Å²) in [6.07, 6.45) is 0.937. The SMILES string of the molecule is OC(Cc1ccccc1)[P+](C(O)Cc1ccccc1)(C(O)Cc1ccccc1)C(O)Cc1ccccc1. The highest BCUT2D eigenvalue weighted by atomic mass is 31.2. The van der Waals surface area contributed by atoms with E-state index < -0.39 is 30.6 Å². The molecule has 0 radical (unpaired) electrons. The third-order valence-electron chi connectivity index (χ3n) is 7.11. The molecule has 4 N–H and O–H groups in total. The number of hydrogen-bond acceptors (Lipinski definition) is 4. The van der Waals surface area contributed by atoms with E-state index in [4.69, 9.17) is 0 Å². The molecule has 4 atom stereocenters. The second-order valence-electron chi connectivity index (χ2n) is 9.58. The van der Waals surface area contributed by atoms with Crippen LogP contribution in [0.2, 0.25) is 0 Å². The fraction of sp³-hybridized carbons (Fsp3) is 0.250. The van der Waals surface area contributed by atoms with Gasteiger partial charge in [-0.2, -0.15) is 0 Å². The molecule has 0 fully saturated rings. The molecule has 0 aliphatic carbocycles. The van der Waals surface area contributed by atoms with Gasteiger partial charge in [0.1, 0.15) is 7.26 Å². The summed E-state index contributed by atoms with van der Waals surface area (Å²) in [6.45, 7) is 0. The lowest BCUT2D eigenvalue weighted by Crippen LogP contribution is -2.42. The number of hydrogen-bond donors (Lipinski definition) is 4. The minimum Gasteiger partial charge on any atom is -0.359 e. The molecule has 4 unspecified atom stereocenters. The Kier molecular flexibility index (Phi) is 9.62. The summed E-state index contributed by atoms with van der Waals surface area (Å²) >= 11 is 0. The Bertz CT molecular complexity index is 993. The van der Waals surface area contributed by atoms with E-state index in [1.54, 1.807) is 0 Å². The molecule has 4 aromatic rings. The van der Waals surface area contributed by atoms with Gasteiger partial charge < -0.3 is 20.4 Å². The first-order chi connectivity index (χ1) is 18.0. The number of rotatable bonds is 12. The van der Waals surface area contributed by atoms with Crippen LogP contribution in [0.25, 0.3) is 0 Å². The van der Waals surface area contributed by atoms with Crippen LogP contribution in [-0.4, -0.2) is 43.8 Å². The van der Waals surface area contributed by atoms with Crippen LogP contribution in [0, 0.1) is 0 Å². The monoisotopic (exact) mass is 515 g/mol. The van der Waals surface area contributed by atoms with Crippen LogP contribution in [0.4, 0.5) is 0 Å². The Morgan fingerprint density at radius 2 is 0.541 bits per heavy atom. The summed E-state index contributed by atoms with van der Waals surface area (Å²) < 4.78 is 0. The maximum Gasteiger partial charge on any atom is 0.176 e. The fourth-order valence-electron chi connectivity index (χ4n) is 5.12. The molecule has 5 heteroatoms. The zero-order valence-corrected chi connectivity index (χ0v) is 21.8. The van der Waals surface area contributed by atoms with Crippen LogP contribution in [0.3, 0.4) is 0 Å². The van der Waals surface area contributed by atoms with Crippen molar-refractivity contribution in [1.29, 1.82) is 0 Å². The fourth-order valence-corrected chi connectivity index (χ4v) is 9.62. The minimum atomic E-state index is -3.30. The average Bonchev–Trinajstić information content (AvgIpc) is 2.91. The molecule has 0 aromatic heterocycles. The molecule has 0 heterocycles. The molecule has 4 nitrogen and oxygen atoms in total. The van der Waals surface area contributed by atoms with Crippen LogP contribution in [-0.2, 0) is 25.7 Å². The van der Waals surface area contributed by atoms with Crippen LogP contribution in [0.15, 0.2) is 121 Å². The van der Waals surface area contributed by atoms with E-state index in [-0.39, 0.29) is 25.7 Å². The van der Waals surface area contributed by atoms with Gasteiger partial charge in [-0.3, -0.25) is 0 Å². The van der Waals surface area contributed by atoms with Gasteiger partial charge in [-0.15, -0.1) is 0 Å². The van der Waals surface area contributed by atoms with Crippen molar-refractivity contribution < 1.29 is 20.4 Å². The van der Waals surface area contributed by atoms with Crippen molar-refractivity contribution in [2.75, 3.05) is 0 Å². The second kappa shape index (κ2) is 13.1. The third-order valence-corrected chi connectivity index (χ3v) is 12.0. The average molecular weight is 516 g/mol. The van der Waals surface area contributed by atoms with Crippen molar-refractivity contribution in [3.63, 3.8) is 0 Å². The van der Waals surface area contributed by atoms with Gasteiger partial charge in [0, 0.05) is 25.7 Å². The highest BCUT2D eigenvalue weighted by Crippen LogP contribution is 2.73. The Labute approximate surface area is 220 Å². The molecule has 0 saturated heterocycles. The summed E-state index contributed by atoms with van der Waals surface area (Å²) in [6, 6.07) is 38.3. The summed E-state index contributed by atoms with van der Waals surface area (Å²) in [5.41, 5.74) is 3.57. The van der Waals surface area contributed by atoms with Gasteiger partial charge in [0.25, 0.3) is 0 Å². The maximum absolute atomic E-state index is 11.9. The lowest BCUT2D eigenvalue weighted by Gasteiger charge is -2.41. The van der Waals surface area contributed by atoms with Crippen molar-refractivity contribution >= 4 is 7.26 Å². The van der Waals surface area contributed by atoms with Gasteiger partial charge in [0.2, 0.25) is 0 Å². The summed E-state index contributed by atoms with van der Waals surface area (Å²) in [7, 11) is -3.30. The lowest BCUT2D eigenvalue weighted by molar-refractivity contribution is 0.153. The first-order valence-corrected chi connectivity index (χ1v) is 14.8. The molecule has 0 aliphatic rings. The number of aliphatic hydroxyl groups is 4. The smallest absolute Gasteiger partial charge is 0.176 e. The topological polar surface area (TPSA) is 80.9 Å². The molecule has 4 aromatic carbocycles. The van der Waals surface area contributed by atoms with E-state index in [1.165, 1.54) is 0 Å². The number of aliphatic hydroxyl groups excluding tert-OH is 4. The summed E-state index contributed by atoms with van der Waals surface area (Å²) in [5.74, 6) is -4.42. The van der Waals surface area contributed by atoms with E-state index in [2.05, 4.69) is 0 Å². The van der Waals surface area contributed by atoms with Crippen molar-refractivity contribution in [2.45, 2.75) is 49.1 Å². The van der Waals surface area contributed by atoms with Gasteiger partial charge in [-0.25, -0.2) is 0 Å². The largest absolute Gasteiger partial charge is 0.359 e. The van der Waals surface area contributed by atoms with E-state index in [0.717, 1.165) is 22.3 Å². The van der Waals surface area contributed by atoms with Crippen LogP contribution >= 0.6 is 7.26 Å².